The Balaban J connectivity index is 1.97. The second-order valence-electron chi connectivity index (χ2n) is 17.4. The summed E-state index contributed by atoms with van der Waals surface area (Å²) in [7, 11) is 4.80. The average molecular weight is 844 g/mol. The van der Waals surface area contributed by atoms with Crippen LogP contribution < -0.4 is 0 Å². The predicted molar refractivity (Wildman–Crippen MR) is 211 cm³/mol. The van der Waals surface area contributed by atoms with Gasteiger partial charge in [-0.15, -0.1) is 0 Å². The number of ether oxygens (including phenoxy) is 8. The molecular weight excluding hydrogens is 774 g/mol. The molecule has 0 aromatic carbocycles. The molecule has 0 aliphatic carbocycles. The molecule has 3 aliphatic heterocycles. The number of rotatable bonds is 12. The number of hydrogen-bond acceptors (Lipinski definition) is 17. The number of allylic oxidation sites excluding steroid dienone is 2. The van der Waals surface area contributed by atoms with E-state index in [4.69, 9.17) is 37.9 Å². The van der Waals surface area contributed by atoms with Crippen molar-refractivity contribution in [2.24, 2.45) is 11.8 Å². The van der Waals surface area contributed by atoms with Crippen LogP contribution in [-0.4, -0.2) is 162 Å². The molecule has 3 aliphatic rings. The van der Waals surface area contributed by atoms with E-state index in [1.54, 1.807) is 64.1 Å². The van der Waals surface area contributed by atoms with Gasteiger partial charge < -0.3 is 68.0 Å². The summed E-state index contributed by atoms with van der Waals surface area (Å²) in [5.41, 5.74) is -2.91. The molecule has 338 valence electrons. The van der Waals surface area contributed by atoms with E-state index in [0.29, 0.717) is 12.7 Å². The summed E-state index contributed by atoms with van der Waals surface area (Å²) in [6, 6.07) is -0.814. The molecule has 0 radical (unpaired) electrons. The van der Waals surface area contributed by atoms with Gasteiger partial charge in [-0.2, -0.15) is 0 Å². The fraction of sp³-hybridized carbons (Fsp3) is 0.810. The molecule has 17 nitrogen and oxygen atoms in total. The number of aliphatic hydroxyl groups is 4. The zero-order valence-electron chi connectivity index (χ0n) is 36.4. The molecule has 0 unspecified atom stereocenters. The third-order valence-corrected chi connectivity index (χ3v) is 10.9. The van der Waals surface area contributed by atoms with Crippen molar-refractivity contribution >= 4 is 24.2 Å². The van der Waals surface area contributed by atoms with Crippen LogP contribution in [0.15, 0.2) is 24.3 Å². The van der Waals surface area contributed by atoms with Crippen LogP contribution in [0.2, 0.25) is 0 Å². The minimum Gasteiger partial charge on any atom is -0.462 e. The highest BCUT2D eigenvalue weighted by molar-refractivity contribution is 5.72. The molecule has 4 N–H and O–H groups in total. The van der Waals surface area contributed by atoms with Gasteiger partial charge >= 0.3 is 17.9 Å². The van der Waals surface area contributed by atoms with Crippen LogP contribution in [0.1, 0.15) is 93.9 Å². The highest BCUT2D eigenvalue weighted by Crippen LogP contribution is 2.38. The third kappa shape index (κ3) is 14.9. The van der Waals surface area contributed by atoms with E-state index >= 15 is 0 Å². The van der Waals surface area contributed by atoms with E-state index in [2.05, 4.69) is 0 Å². The van der Waals surface area contributed by atoms with Crippen LogP contribution in [0.3, 0.4) is 0 Å². The predicted octanol–water partition coefficient (Wildman–Crippen LogP) is 2.13. The van der Waals surface area contributed by atoms with E-state index in [1.807, 2.05) is 6.92 Å². The largest absolute Gasteiger partial charge is 0.462 e. The molecule has 0 bridgehead atoms. The monoisotopic (exact) mass is 843 g/mol. The first-order valence-electron chi connectivity index (χ1n) is 20.4. The van der Waals surface area contributed by atoms with Crippen LogP contribution in [0.4, 0.5) is 0 Å². The molecule has 2 fully saturated rings. The highest BCUT2D eigenvalue weighted by Gasteiger charge is 2.53. The molecule has 0 saturated carbocycles. The molecule has 59 heavy (non-hydrogen) atoms. The number of carbonyl (C=O) groups is 4. The molecule has 0 amide bonds. The molecule has 0 spiro atoms. The Morgan fingerprint density at radius 3 is 2.27 bits per heavy atom. The topological polar surface area (TPSA) is 226 Å². The maximum atomic E-state index is 13.2. The van der Waals surface area contributed by atoms with Crippen LogP contribution in [-0.2, 0) is 57.1 Å². The number of methoxy groups -OCH3 is 1. The van der Waals surface area contributed by atoms with Crippen molar-refractivity contribution in [1.82, 2.24) is 4.90 Å². The van der Waals surface area contributed by atoms with Gasteiger partial charge in [0, 0.05) is 33.3 Å². The SMILES string of the molecule is CO[C@@H]1[C@@H](O[C@@H]2O[C@H](C)[C@@H](O[C@H]3C[C@@](C)(O)[C@@H](OC(=O)CC(C)(C)O)[C@H](C)O3)[C@H](N(C)C)[C@H]2O)[C@@H](CC=O)C[C@@H](C)[C@@H](O)/C=C/C=C/C[C@@H](C)OC(=O)C[C@H]1OC(C)=O. The summed E-state index contributed by atoms with van der Waals surface area (Å²) in [5, 5.41) is 44.7. The van der Waals surface area contributed by atoms with Crippen molar-refractivity contribution in [1.29, 1.82) is 0 Å². The second-order valence-corrected chi connectivity index (χ2v) is 17.4. The normalized spacial score (nSPS) is 40.4. The molecule has 2 saturated heterocycles. The summed E-state index contributed by atoms with van der Waals surface area (Å²) in [5.74, 6) is -3.20. The third-order valence-electron chi connectivity index (χ3n) is 10.9. The van der Waals surface area contributed by atoms with Gasteiger partial charge in [0.2, 0.25) is 0 Å². The van der Waals surface area contributed by atoms with Gasteiger partial charge in [0.25, 0.3) is 0 Å². The van der Waals surface area contributed by atoms with Crippen LogP contribution in [0, 0.1) is 11.8 Å². The van der Waals surface area contributed by atoms with Crippen LogP contribution >= 0.6 is 0 Å². The maximum absolute atomic E-state index is 13.2. The zero-order chi connectivity index (χ0) is 44.4. The smallest absolute Gasteiger partial charge is 0.309 e. The van der Waals surface area contributed by atoms with E-state index < -0.39 is 127 Å². The number of esters is 3. The lowest BCUT2D eigenvalue weighted by molar-refractivity contribution is -0.344. The van der Waals surface area contributed by atoms with Gasteiger partial charge in [0.15, 0.2) is 18.7 Å². The van der Waals surface area contributed by atoms with Gasteiger partial charge in [-0.25, -0.2) is 0 Å². The average Bonchev–Trinajstić information content (AvgIpc) is 3.09. The molecule has 16 atom stereocenters. The summed E-state index contributed by atoms with van der Waals surface area (Å²) >= 11 is 0. The summed E-state index contributed by atoms with van der Waals surface area (Å²) in [6.07, 6.45) is -5.21. The molecule has 3 heterocycles. The number of carbonyl (C=O) groups excluding carboxylic acids is 4. The quantitative estimate of drug-likeness (QED) is 0.125. The Morgan fingerprint density at radius 2 is 1.69 bits per heavy atom. The van der Waals surface area contributed by atoms with Crippen molar-refractivity contribution in [3.63, 3.8) is 0 Å². The fourth-order valence-corrected chi connectivity index (χ4v) is 8.09. The number of aliphatic hydroxyl groups excluding tert-OH is 2. The summed E-state index contributed by atoms with van der Waals surface area (Å²) < 4.78 is 48.4. The van der Waals surface area contributed by atoms with Crippen molar-refractivity contribution in [2.45, 2.75) is 185 Å². The standard InChI is InChI=1S/C42H69NO16/c1-23-19-28(17-18-44)37(38(52-11)30(56-27(5)45)20-31(47)53-24(2)15-13-12-14-16-29(23)46)59-40-35(49)34(43(9)10)36(25(3)55-40)58-33-22-42(8,51)39(26(4)54-33)57-32(48)21-41(6,7)50/h12-14,16,18,23-26,28-30,33-40,46,49-51H,15,17,19-22H2,1-11H3/b13-12+,16-14+/t23-,24-,25-,26+,28+,29+,30-,33+,34-,35-,36-,37+,38+,39+,40+,42-/m1/s1. The Labute approximate surface area is 348 Å². The van der Waals surface area contributed by atoms with Crippen LogP contribution in [0.25, 0.3) is 0 Å². The van der Waals surface area contributed by atoms with Gasteiger partial charge in [-0.1, -0.05) is 31.2 Å². The zero-order valence-corrected chi connectivity index (χ0v) is 36.4. The number of nitrogens with zero attached hydrogens (tertiary/aromatic N) is 1. The number of aldehydes is 1. The second kappa shape index (κ2) is 22.3. The summed E-state index contributed by atoms with van der Waals surface area (Å²) in [4.78, 5) is 52.3. The van der Waals surface area contributed by atoms with Crippen molar-refractivity contribution < 1.29 is 77.5 Å². The van der Waals surface area contributed by atoms with E-state index in [1.165, 1.54) is 34.8 Å². The van der Waals surface area contributed by atoms with Crippen molar-refractivity contribution in [3.8, 4) is 0 Å². The lowest BCUT2D eigenvalue weighted by atomic mass is 9.82. The van der Waals surface area contributed by atoms with E-state index in [-0.39, 0.29) is 25.7 Å². The van der Waals surface area contributed by atoms with Gasteiger partial charge in [0.1, 0.15) is 42.4 Å². The Morgan fingerprint density at radius 1 is 1.02 bits per heavy atom. The van der Waals surface area contributed by atoms with Crippen molar-refractivity contribution in [3.05, 3.63) is 24.3 Å². The number of cyclic esters (lactones) is 1. The fourth-order valence-electron chi connectivity index (χ4n) is 8.09. The maximum Gasteiger partial charge on any atom is 0.309 e. The minimum absolute atomic E-state index is 0.0914. The summed E-state index contributed by atoms with van der Waals surface area (Å²) in [6.45, 7) is 12.5. The van der Waals surface area contributed by atoms with E-state index in [0.717, 1.165) is 0 Å². The first-order chi connectivity index (χ1) is 27.5. The Bertz CT molecular complexity index is 1430. The molecule has 0 aromatic heterocycles. The highest BCUT2D eigenvalue weighted by atomic mass is 16.7. The van der Waals surface area contributed by atoms with Gasteiger partial charge in [0.05, 0.1) is 48.9 Å². The van der Waals surface area contributed by atoms with Crippen molar-refractivity contribution in [2.75, 3.05) is 21.2 Å². The number of likely N-dealkylation sites (N-methyl/N-ethyl adjacent to an activating group) is 1. The lowest BCUT2D eigenvalue weighted by Crippen LogP contribution is -2.66. The lowest BCUT2D eigenvalue weighted by Gasteiger charge is -2.50. The van der Waals surface area contributed by atoms with Gasteiger partial charge in [-0.05, 0) is 73.9 Å². The molecule has 17 heteroatoms. The number of hydrogen-bond donors (Lipinski definition) is 4. The van der Waals surface area contributed by atoms with Crippen LogP contribution in [0.5, 0.6) is 0 Å². The molecular formula is C42H69NO16. The van der Waals surface area contributed by atoms with E-state index in [9.17, 15) is 39.6 Å². The Hall–Kier alpha value is -2.84. The first kappa shape index (κ1) is 50.5. The molecule has 0 aromatic rings. The minimum atomic E-state index is -1.60. The van der Waals surface area contributed by atoms with Gasteiger partial charge in [-0.3, -0.25) is 14.4 Å². The molecule has 3 rings (SSSR count). The first-order valence-corrected chi connectivity index (χ1v) is 20.4. The Kier molecular flexibility index (Phi) is 19.1.